The minimum atomic E-state index is -0.524. The van der Waals surface area contributed by atoms with Gasteiger partial charge >= 0.3 is 11.1 Å². The van der Waals surface area contributed by atoms with Crippen LogP contribution in [0.3, 0.4) is 0 Å². The number of hydrogen-bond acceptors (Lipinski definition) is 7. The highest BCUT2D eigenvalue weighted by Crippen LogP contribution is 2.41. The lowest BCUT2D eigenvalue weighted by Gasteiger charge is -2.23. The van der Waals surface area contributed by atoms with Crippen LogP contribution >= 0.6 is 22.7 Å². The molecule has 1 atom stereocenters. The Bertz CT molecular complexity index is 1130. The van der Waals surface area contributed by atoms with E-state index in [1.807, 2.05) is 29.9 Å². The van der Waals surface area contributed by atoms with Crippen LogP contribution in [0.15, 0.2) is 32.6 Å². The van der Waals surface area contributed by atoms with Gasteiger partial charge in [-0.1, -0.05) is 6.07 Å². The molecular formula is C19H21N5O2S2. The molecule has 0 amide bonds. The summed E-state index contributed by atoms with van der Waals surface area (Å²) in [5.41, 5.74) is 1.89. The molecule has 1 fully saturated rings. The number of rotatable bonds is 4. The monoisotopic (exact) mass is 415 g/mol. The van der Waals surface area contributed by atoms with Gasteiger partial charge in [-0.2, -0.15) is 5.10 Å². The molecule has 1 spiro atoms. The van der Waals surface area contributed by atoms with E-state index in [9.17, 15) is 9.59 Å². The van der Waals surface area contributed by atoms with E-state index in [2.05, 4.69) is 9.88 Å². The summed E-state index contributed by atoms with van der Waals surface area (Å²) in [5.74, 6) is 0.789. The van der Waals surface area contributed by atoms with E-state index >= 15 is 0 Å². The first kappa shape index (κ1) is 18.0. The van der Waals surface area contributed by atoms with Crippen molar-refractivity contribution < 1.29 is 0 Å². The van der Waals surface area contributed by atoms with Gasteiger partial charge in [0.15, 0.2) is 0 Å². The van der Waals surface area contributed by atoms with E-state index in [0.29, 0.717) is 13.1 Å². The Morgan fingerprint density at radius 3 is 2.75 bits per heavy atom. The van der Waals surface area contributed by atoms with Crippen LogP contribution in [-0.2, 0) is 25.0 Å². The standard InChI is InChI=1S/C19H21N5O2S2/c1-13-15(28-12-20-13)10-22-6-4-19(11-22)5-7-23-16(25)17(26)24(21-18(19)23)9-14-3-2-8-27-14/h2-3,8,12H,4-7,9-11H2,1H3/t19-/m1/s1. The van der Waals surface area contributed by atoms with Crippen LogP contribution in [-0.4, -0.2) is 37.3 Å². The van der Waals surface area contributed by atoms with Gasteiger partial charge in [0.25, 0.3) is 0 Å². The minimum Gasteiger partial charge on any atom is -0.297 e. The molecule has 2 aliphatic heterocycles. The Kier molecular flexibility index (Phi) is 4.33. The Labute approximate surface area is 169 Å². The normalized spacial score (nSPS) is 21.6. The smallest absolute Gasteiger partial charge is 0.297 e. The highest BCUT2D eigenvalue weighted by atomic mass is 32.1. The van der Waals surface area contributed by atoms with Gasteiger partial charge in [0.1, 0.15) is 5.82 Å². The fourth-order valence-electron chi connectivity index (χ4n) is 4.39. The van der Waals surface area contributed by atoms with Crippen LogP contribution in [0.4, 0.5) is 0 Å². The zero-order valence-corrected chi connectivity index (χ0v) is 17.3. The maximum Gasteiger partial charge on any atom is 0.332 e. The molecule has 7 nitrogen and oxygen atoms in total. The maximum atomic E-state index is 12.7. The van der Waals surface area contributed by atoms with E-state index < -0.39 is 11.1 Å². The van der Waals surface area contributed by atoms with Crippen LogP contribution in [0.1, 0.15) is 34.1 Å². The Morgan fingerprint density at radius 1 is 1.14 bits per heavy atom. The molecule has 146 valence electrons. The van der Waals surface area contributed by atoms with Crippen molar-refractivity contribution in [3.05, 3.63) is 65.0 Å². The summed E-state index contributed by atoms with van der Waals surface area (Å²) in [6.45, 7) is 5.72. The predicted octanol–water partition coefficient (Wildman–Crippen LogP) is 1.83. The average Bonchev–Trinajstić information content (AvgIpc) is 3.46. The number of hydrogen-bond donors (Lipinski definition) is 0. The number of fused-ring (bicyclic) bond motifs is 2. The second kappa shape index (κ2) is 6.75. The number of likely N-dealkylation sites (tertiary alicyclic amines) is 1. The molecule has 0 radical (unpaired) electrons. The molecule has 0 aliphatic carbocycles. The first-order chi connectivity index (χ1) is 13.6. The third kappa shape index (κ3) is 2.89. The fourth-order valence-corrected chi connectivity index (χ4v) is 5.90. The summed E-state index contributed by atoms with van der Waals surface area (Å²) < 4.78 is 2.98. The topological polar surface area (TPSA) is 73.0 Å². The van der Waals surface area contributed by atoms with Gasteiger partial charge < -0.3 is 0 Å². The Balaban J connectivity index is 1.47. The van der Waals surface area contributed by atoms with Gasteiger partial charge in [-0.25, -0.2) is 9.67 Å². The van der Waals surface area contributed by atoms with Crippen LogP contribution in [0, 0.1) is 6.92 Å². The molecule has 3 aromatic rings. The summed E-state index contributed by atoms with van der Waals surface area (Å²) in [6, 6.07) is 3.91. The van der Waals surface area contributed by atoms with Crippen molar-refractivity contribution in [3.63, 3.8) is 0 Å². The van der Waals surface area contributed by atoms with E-state index in [0.717, 1.165) is 48.9 Å². The van der Waals surface area contributed by atoms with Gasteiger partial charge in [-0.15, -0.1) is 22.7 Å². The van der Waals surface area contributed by atoms with Crippen molar-refractivity contribution in [3.8, 4) is 0 Å². The van der Waals surface area contributed by atoms with Crippen molar-refractivity contribution in [2.75, 3.05) is 13.1 Å². The lowest BCUT2D eigenvalue weighted by Crippen LogP contribution is -2.45. The second-order valence-corrected chi connectivity index (χ2v) is 9.65. The largest absolute Gasteiger partial charge is 0.332 e. The molecule has 0 unspecified atom stereocenters. The molecule has 0 bridgehead atoms. The van der Waals surface area contributed by atoms with E-state index in [-0.39, 0.29) is 5.41 Å². The van der Waals surface area contributed by atoms with Crippen LogP contribution in [0.25, 0.3) is 0 Å². The zero-order valence-electron chi connectivity index (χ0n) is 15.6. The molecule has 5 rings (SSSR count). The molecule has 5 heterocycles. The van der Waals surface area contributed by atoms with Crippen molar-refractivity contribution >= 4 is 22.7 Å². The third-order valence-corrected chi connectivity index (χ3v) is 7.73. The number of thiophene rings is 1. The van der Waals surface area contributed by atoms with E-state index in [1.165, 1.54) is 9.56 Å². The van der Waals surface area contributed by atoms with Crippen molar-refractivity contribution in [1.29, 1.82) is 0 Å². The molecule has 0 aromatic carbocycles. The third-order valence-electron chi connectivity index (χ3n) is 5.95. The quantitative estimate of drug-likeness (QED) is 0.608. The summed E-state index contributed by atoms with van der Waals surface area (Å²) >= 11 is 3.27. The van der Waals surface area contributed by atoms with Crippen LogP contribution < -0.4 is 11.1 Å². The van der Waals surface area contributed by atoms with Crippen LogP contribution in [0.2, 0.25) is 0 Å². The molecule has 0 N–H and O–H groups in total. The lowest BCUT2D eigenvalue weighted by molar-refractivity contribution is 0.299. The maximum absolute atomic E-state index is 12.7. The van der Waals surface area contributed by atoms with Gasteiger partial charge in [0, 0.05) is 34.8 Å². The second-order valence-electron chi connectivity index (χ2n) is 7.67. The highest BCUT2D eigenvalue weighted by molar-refractivity contribution is 7.10. The van der Waals surface area contributed by atoms with E-state index in [4.69, 9.17) is 5.10 Å². The van der Waals surface area contributed by atoms with Crippen LogP contribution in [0.5, 0.6) is 0 Å². The molecule has 2 aliphatic rings. The molecule has 9 heteroatoms. The molecule has 28 heavy (non-hydrogen) atoms. The van der Waals surface area contributed by atoms with Gasteiger partial charge in [0.05, 0.1) is 17.7 Å². The summed E-state index contributed by atoms with van der Waals surface area (Å²) in [7, 11) is 0. The molecule has 3 aromatic heterocycles. The number of aryl methyl sites for hydroxylation is 1. The molecule has 0 saturated carbocycles. The number of nitrogens with zero attached hydrogens (tertiary/aromatic N) is 5. The predicted molar refractivity (Wildman–Crippen MR) is 109 cm³/mol. The first-order valence-electron chi connectivity index (χ1n) is 9.42. The lowest BCUT2D eigenvalue weighted by atomic mass is 9.85. The average molecular weight is 416 g/mol. The molecular weight excluding hydrogens is 394 g/mol. The fraction of sp³-hybridized carbons (Fsp3) is 0.474. The van der Waals surface area contributed by atoms with Gasteiger partial charge in [0.2, 0.25) is 0 Å². The summed E-state index contributed by atoms with van der Waals surface area (Å²) in [5, 5.41) is 6.68. The highest BCUT2D eigenvalue weighted by Gasteiger charge is 2.47. The van der Waals surface area contributed by atoms with Crippen molar-refractivity contribution in [2.24, 2.45) is 0 Å². The Morgan fingerprint density at radius 2 is 2.00 bits per heavy atom. The Hall–Kier alpha value is -2.10. The van der Waals surface area contributed by atoms with Crippen molar-refractivity contribution in [1.82, 2.24) is 24.2 Å². The SMILES string of the molecule is Cc1ncsc1CN1CC[C@@]2(CCn3c2nn(Cc2cccs2)c(=O)c3=O)C1. The summed E-state index contributed by atoms with van der Waals surface area (Å²) in [4.78, 5) is 34.3. The van der Waals surface area contributed by atoms with Gasteiger partial charge in [-0.05, 0) is 37.8 Å². The summed E-state index contributed by atoms with van der Waals surface area (Å²) in [6.07, 6.45) is 1.84. The van der Waals surface area contributed by atoms with Gasteiger partial charge in [-0.3, -0.25) is 19.1 Å². The number of thiazole rings is 1. The van der Waals surface area contributed by atoms with Crippen molar-refractivity contribution in [2.45, 2.75) is 44.8 Å². The first-order valence-corrected chi connectivity index (χ1v) is 11.2. The van der Waals surface area contributed by atoms with E-state index in [1.54, 1.807) is 27.2 Å². The molecule has 1 saturated heterocycles. The number of aromatic nitrogens is 4. The zero-order chi connectivity index (χ0) is 19.3. The minimum absolute atomic E-state index is 0.136.